The number of aliphatic imine (C=N–C) groups is 1. The summed E-state index contributed by atoms with van der Waals surface area (Å²) >= 11 is 3.48. The lowest BCUT2D eigenvalue weighted by atomic mass is 10.1. The minimum Gasteiger partial charge on any atom is -0.338 e. The van der Waals surface area contributed by atoms with Crippen LogP contribution in [-0.4, -0.2) is 32.5 Å². The molecule has 5 nitrogen and oxygen atoms in total. The van der Waals surface area contributed by atoms with Crippen LogP contribution in [0.3, 0.4) is 0 Å². The van der Waals surface area contributed by atoms with Gasteiger partial charge in [-0.05, 0) is 35.9 Å². The fraction of sp³-hybridized carbons (Fsp3) is 0.125. The first-order valence-corrected chi connectivity index (χ1v) is 12.0. The van der Waals surface area contributed by atoms with Gasteiger partial charge in [0.1, 0.15) is 10.2 Å². The summed E-state index contributed by atoms with van der Waals surface area (Å²) in [4.78, 5) is 25.5. The van der Waals surface area contributed by atoms with E-state index in [9.17, 15) is 4.79 Å². The van der Waals surface area contributed by atoms with Crippen molar-refractivity contribution >= 4 is 50.5 Å². The Labute approximate surface area is 188 Å². The number of carbonyl (C=O) groups excluding carboxylic acids is 1. The number of hydrogen-bond donors (Lipinski definition) is 2. The van der Waals surface area contributed by atoms with Crippen molar-refractivity contribution in [2.45, 2.75) is 5.75 Å². The number of para-hydroxylation sites is 2. The molecule has 0 spiro atoms. The average molecular weight is 445 g/mol. The van der Waals surface area contributed by atoms with Gasteiger partial charge in [0, 0.05) is 28.3 Å². The van der Waals surface area contributed by atoms with Gasteiger partial charge in [-0.15, -0.1) is 0 Å². The Morgan fingerprint density at radius 1 is 1.06 bits per heavy atom. The molecule has 0 fully saturated rings. The molecule has 1 amide bonds. The number of aromatic amines is 1. The quantitative estimate of drug-likeness (QED) is 0.407. The maximum absolute atomic E-state index is 13.0. The molecule has 0 aliphatic carbocycles. The van der Waals surface area contributed by atoms with Gasteiger partial charge >= 0.3 is 0 Å². The number of imidazole rings is 1. The lowest BCUT2D eigenvalue weighted by Crippen LogP contribution is -2.14. The van der Waals surface area contributed by atoms with Crippen LogP contribution in [0.2, 0.25) is 0 Å². The van der Waals surface area contributed by atoms with Crippen molar-refractivity contribution in [3.63, 3.8) is 0 Å². The highest BCUT2D eigenvalue weighted by atomic mass is 32.2. The molecule has 7 heteroatoms. The molecule has 0 saturated heterocycles. The number of hydrogen-bond acceptors (Lipinski definition) is 5. The number of rotatable bonds is 5. The molecule has 5 rings (SSSR count). The van der Waals surface area contributed by atoms with Gasteiger partial charge in [0.25, 0.3) is 5.91 Å². The van der Waals surface area contributed by atoms with Gasteiger partial charge in [-0.1, -0.05) is 66.0 Å². The molecule has 2 heterocycles. The predicted octanol–water partition coefficient (Wildman–Crippen LogP) is 5.82. The van der Waals surface area contributed by atoms with Crippen molar-refractivity contribution in [3.8, 4) is 11.4 Å². The van der Waals surface area contributed by atoms with E-state index in [2.05, 4.69) is 20.3 Å². The molecule has 1 aromatic heterocycles. The Bertz CT molecular complexity index is 1250. The Morgan fingerprint density at radius 2 is 1.94 bits per heavy atom. The number of anilines is 1. The van der Waals surface area contributed by atoms with Gasteiger partial charge in [0.2, 0.25) is 0 Å². The molecule has 0 radical (unpaired) electrons. The minimum absolute atomic E-state index is 0.112. The zero-order chi connectivity index (χ0) is 21.0. The van der Waals surface area contributed by atoms with E-state index in [1.54, 1.807) is 23.5 Å². The first-order valence-electron chi connectivity index (χ1n) is 10.0. The molecule has 0 atom stereocenters. The normalized spacial score (nSPS) is 13.4. The average Bonchev–Trinajstić information content (AvgIpc) is 3.48. The van der Waals surface area contributed by atoms with Crippen molar-refractivity contribution in [3.05, 3.63) is 83.9 Å². The first-order chi connectivity index (χ1) is 15.3. The second kappa shape index (κ2) is 8.99. The molecule has 0 saturated carbocycles. The summed E-state index contributed by atoms with van der Waals surface area (Å²) in [5.74, 6) is 2.45. The Kier molecular flexibility index (Phi) is 5.78. The fourth-order valence-corrected chi connectivity index (χ4v) is 5.46. The van der Waals surface area contributed by atoms with E-state index in [4.69, 9.17) is 0 Å². The molecule has 31 heavy (non-hydrogen) atoms. The number of carbonyl (C=O) groups is 1. The van der Waals surface area contributed by atoms with Crippen molar-refractivity contribution in [2.75, 3.05) is 17.6 Å². The lowest BCUT2D eigenvalue weighted by molar-refractivity contribution is 0.102. The van der Waals surface area contributed by atoms with Crippen LogP contribution in [0.1, 0.15) is 15.9 Å². The van der Waals surface area contributed by atoms with E-state index >= 15 is 0 Å². The highest BCUT2D eigenvalue weighted by Gasteiger charge is 2.14. The van der Waals surface area contributed by atoms with Gasteiger partial charge in [-0.3, -0.25) is 9.79 Å². The highest BCUT2D eigenvalue weighted by Crippen LogP contribution is 2.27. The number of aromatic nitrogens is 2. The second-order valence-electron chi connectivity index (χ2n) is 7.08. The molecule has 1 aliphatic heterocycles. The summed E-state index contributed by atoms with van der Waals surface area (Å²) in [6, 6.07) is 23.4. The van der Waals surface area contributed by atoms with Crippen LogP contribution in [0.25, 0.3) is 22.4 Å². The molecule has 1 aliphatic rings. The van der Waals surface area contributed by atoms with Crippen LogP contribution in [0, 0.1) is 0 Å². The molecule has 154 valence electrons. The van der Waals surface area contributed by atoms with Crippen LogP contribution in [0.5, 0.6) is 0 Å². The summed E-state index contributed by atoms with van der Waals surface area (Å²) in [5.41, 5.74) is 5.27. The summed E-state index contributed by atoms with van der Waals surface area (Å²) in [7, 11) is 0. The summed E-state index contributed by atoms with van der Waals surface area (Å²) in [5, 5.41) is 3.05. The van der Waals surface area contributed by atoms with E-state index in [0.717, 1.165) is 56.1 Å². The van der Waals surface area contributed by atoms with E-state index in [-0.39, 0.29) is 5.91 Å². The third-order valence-electron chi connectivity index (χ3n) is 4.95. The smallest absolute Gasteiger partial charge is 0.255 e. The van der Waals surface area contributed by atoms with E-state index in [0.29, 0.717) is 5.56 Å². The van der Waals surface area contributed by atoms with Gasteiger partial charge in [0.15, 0.2) is 0 Å². The second-order valence-corrected chi connectivity index (χ2v) is 9.39. The lowest BCUT2D eigenvalue weighted by Gasteiger charge is -2.11. The van der Waals surface area contributed by atoms with Crippen LogP contribution in [0.4, 0.5) is 5.69 Å². The minimum atomic E-state index is -0.112. The Morgan fingerprint density at radius 3 is 2.81 bits per heavy atom. The molecule has 3 aromatic carbocycles. The number of nitrogens with zero attached hydrogens (tertiary/aromatic N) is 2. The van der Waals surface area contributed by atoms with Gasteiger partial charge < -0.3 is 10.3 Å². The third kappa shape index (κ3) is 4.52. The maximum atomic E-state index is 13.0. The Balaban J connectivity index is 1.34. The monoisotopic (exact) mass is 444 g/mol. The first kappa shape index (κ1) is 19.9. The zero-order valence-electron chi connectivity index (χ0n) is 16.7. The number of fused-ring (bicyclic) bond motifs is 1. The molecular formula is C24H20N4OS2. The highest BCUT2D eigenvalue weighted by molar-refractivity contribution is 8.38. The van der Waals surface area contributed by atoms with Crippen LogP contribution in [-0.2, 0) is 5.75 Å². The van der Waals surface area contributed by atoms with E-state index in [1.165, 1.54) is 0 Å². The topological polar surface area (TPSA) is 70.1 Å². The van der Waals surface area contributed by atoms with Gasteiger partial charge in [-0.2, -0.15) is 0 Å². The van der Waals surface area contributed by atoms with E-state index < -0.39 is 0 Å². The number of nitrogens with one attached hydrogen (secondary N) is 2. The van der Waals surface area contributed by atoms with Gasteiger partial charge in [-0.25, -0.2) is 4.98 Å². The summed E-state index contributed by atoms with van der Waals surface area (Å²) < 4.78 is 1.11. The van der Waals surface area contributed by atoms with Crippen molar-refractivity contribution < 1.29 is 4.79 Å². The van der Waals surface area contributed by atoms with Crippen molar-refractivity contribution in [1.82, 2.24) is 9.97 Å². The maximum Gasteiger partial charge on any atom is 0.255 e. The number of H-pyrrole nitrogens is 1. The third-order valence-corrected chi connectivity index (χ3v) is 7.26. The fourth-order valence-electron chi connectivity index (χ4n) is 3.44. The molecule has 0 bridgehead atoms. The van der Waals surface area contributed by atoms with Crippen LogP contribution in [0.15, 0.2) is 77.8 Å². The SMILES string of the molecule is O=C(Nc1cccc(-c2nc3ccccc3[nH]2)c1)c1ccccc1CSC1=NCCS1. The largest absolute Gasteiger partial charge is 0.338 e. The zero-order valence-corrected chi connectivity index (χ0v) is 18.3. The van der Waals surface area contributed by atoms with Crippen molar-refractivity contribution in [2.24, 2.45) is 4.99 Å². The number of thioether (sulfide) groups is 2. The Hall–Kier alpha value is -3.03. The molecule has 0 unspecified atom stereocenters. The molecule has 2 N–H and O–H groups in total. The van der Waals surface area contributed by atoms with Crippen molar-refractivity contribution in [1.29, 1.82) is 0 Å². The van der Waals surface area contributed by atoms with Gasteiger partial charge in [0.05, 0.1) is 17.6 Å². The molecular weight excluding hydrogens is 424 g/mol. The van der Waals surface area contributed by atoms with Crippen LogP contribution >= 0.6 is 23.5 Å². The van der Waals surface area contributed by atoms with E-state index in [1.807, 2.05) is 72.8 Å². The standard InChI is InChI=1S/C24H20N4OS2/c29-23(19-9-2-1-6-17(19)15-31-24-25-12-13-30-24)26-18-8-5-7-16(14-18)22-27-20-10-3-4-11-21(20)28-22/h1-11,14H,12-13,15H2,(H,26,29)(H,27,28). The number of benzene rings is 3. The predicted molar refractivity (Wildman–Crippen MR) is 132 cm³/mol. The number of amides is 1. The summed E-state index contributed by atoms with van der Waals surface area (Å²) in [6.45, 7) is 0.886. The van der Waals surface area contributed by atoms with Crippen LogP contribution < -0.4 is 5.32 Å². The summed E-state index contributed by atoms with van der Waals surface area (Å²) in [6.07, 6.45) is 0. The molecule has 4 aromatic rings.